The maximum Gasteiger partial charge on any atom is 0.253 e. The molecular formula is C23H33IN4O2. The molecule has 6 nitrogen and oxygen atoms in total. The summed E-state index contributed by atoms with van der Waals surface area (Å²) < 4.78 is 6.04. The summed E-state index contributed by atoms with van der Waals surface area (Å²) in [4.78, 5) is 17.8. The minimum atomic E-state index is -0.254. The van der Waals surface area contributed by atoms with Crippen molar-refractivity contribution in [2.24, 2.45) is 4.99 Å². The third-order valence-electron chi connectivity index (χ3n) is 4.13. The number of ether oxygens (including phenoxy) is 1. The maximum atomic E-state index is 12.0. The van der Waals surface area contributed by atoms with Gasteiger partial charge in [-0.05, 0) is 44.5 Å². The van der Waals surface area contributed by atoms with Crippen molar-refractivity contribution in [3.63, 3.8) is 0 Å². The predicted molar refractivity (Wildman–Crippen MR) is 134 cm³/mol. The Balaban J connectivity index is 0.00000450. The van der Waals surface area contributed by atoms with Gasteiger partial charge in [0.1, 0.15) is 11.4 Å². The van der Waals surface area contributed by atoms with Crippen LogP contribution in [0.2, 0.25) is 0 Å². The summed E-state index contributed by atoms with van der Waals surface area (Å²) in [5, 5.41) is 6.62. The fraction of sp³-hybridized carbons (Fsp3) is 0.391. The van der Waals surface area contributed by atoms with Crippen LogP contribution in [0.4, 0.5) is 0 Å². The number of nitrogens with one attached hydrogen (secondary N) is 2. The summed E-state index contributed by atoms with van der Waals surface area (Å²) in [6.07, 6.45) is 0. The van der Waals surface area contributed by atoms with E-state index in [1.807, 2.05) is 69.3 Å². The molecule has 0 aliphatic heterocycles. The zero-order valence-electron chi connectivity index (χ0n) is 18.7. The molecule has 0 unspecified atom stereocenters. The topological polar surface area (TPSA) is 66.0 Å². The number of carbonyl (C=O) groups excluding carboxylic acids is 1. The molecule has 0 aliphatic carbocycles. The number of hydrogen-bond donors (Lipinski definition) is 2. The van der Waals surface area contributed by atoms with Crippen LogP contribution >= 0.6 is 24.0 Å². The average molecular weight is 524 g/mol. The molecule has 1 amide bonds. The normalized spacial score (nSPS) is 11.3. The molecule has 2 N–H and O–H groups in total. The van der Waals surface area contributed by atoms with Gasteiger partial charge in [0.05, 0.1) is 0 Å². The molecule has 0 fully saturated rings. The van der Waals surface area contributed by atoms with E-state index in [1.165, 1.54) is 0 Å². The van der Waals surface area contributed by atoms with Gasteiger partial charge in [-0.3, -0.25) is 9.79 Å². The van der Waals surface area contributed by atoms with Gasteiger partial charge in [0, 0.05) is 45.4 Å². The highest BCUT2D eigenvalue weighted by atomic mass is 127. The van der Waals surface area contributed by atoms with Crippen molar-refractivity contribution >= 4 is 35.8 Å². The van der Waals surface area contributed by atoms with Crippen molar-refractivity contribution in [2.75, 3.05) is 21.1 Å². The summed E-state index contributed by atoms with van der Waals surface area (Å²) >= 11 is 0. The molecule has 0 saturated heterocycles. The number of halogens is 1. The second kappa shape index (κ2) is 11.8. The van der Waals surface area contributed by atoms with Crippen molar-refractivity contribution in [3.05, 3.63) is 65.2 Å². The van der Waals surface area contributed by atoms with E-state index in [0.29, 0.717) is 24.6 Å². The highest BCUT2D eigenvalue weighted by Crippen LogP contribution is 2.22. The van der Waals surface area contributed by atoms with Crippen LogP contribution in [-0.2, 0) is 13.1 Å². The second-order valence-corrected chi connectivity index (χ2v) is 8.00. The van der Waals surface area contributed by atoms with Crippen LogP contribution in [0.15, 0.2) is 53.5 Å². The lowest BCUT2D eigenvalue weighted by Crippen LogP contribution is -2.36. The highest BCUT2D eigenvalue weighted by molar-refractivity contribution is 14.0. The monoisotopic (exact) mass is 524 g/mol. The number of aliphatic imine (C=N–C) groups is 1. The Morgan fingerprint density at radius 2 is 1.60 bits per heavy atom. The van der Waals surface area contributed by atoms with E-state index in [4.69, 9.17) is 4.74 Å². The lowest BCUT2D eigenvalue weighted by atomic mass is 10.1. The molecule has 2 aromatic carbocycles. The van der Waals surface area contributed by atoms with Crippen LogP contribution in [0.5, 0.6) is 5.75 Å². The van der Waals surface area contributed by atoms with Crippen molar-refractivity contribution in [2.45, 2.75) is 39.5 Å². The van der Waals surface area contributed by atoms with Gasteiger partial charge in [-0.1, -0.05) is 30.3 Å². The molecule has 0 spiro atoms. The third-order valence-corrected chi connectivity index (χ3v) is 4.13. The summed E-state index contributed by atoms with van der Waals surface area (Å²) in [6.45, 7) is 7.32. The fourth-order valence-corrected chi connectivity index (χ4v) is 2.69. The van der Waals surface area contributed by atoms with Crippen LogP contribution in [0, 0.1) is 0 Å². The van der Waals surface area contributed by atoms with Crippen molar-refractivity contribution in [1.82, 2.24) is 15.5 Å². The standard InChI is InChI=1S/C23H32N4O2.HI/c1-23(2,3)29-20-10-8-7-9-19(20)16-26-22(24-4)25-15-17-11-13-18(14-12-17)21(28)27(5)6;/h7-14H,15-16H2,1-6H3,(H2,24,25,26);1H. The molecule has 164 valence electrons. The molecule has 0 heterocycles. The summed E-state index contributed by atoms with van der Waals surface area (Å²) in [5.41, 5.74) is 2.56. The van der Waals surface area contributed by atoms with Gasteiger partial charge in [0.15, 0.2) is 5.96 Å². The summed E-state index contributed by atoms with van der Waals surface area (Å²) in [5.74, 6) is 1.56. The minimum Gasteiger partial charge on any atom is -0.488 e. The lowest BCUT2D eigenvalue weighted by Gasteiger charge is -2.23. The molecule has 0 saturated carbocycles. The van der Waals surface area contributed by atoms with Gasteiger partial charge in [-0.25, -0.2) is 0 Å². The molecule has 0 aromatic heterocycles. The Morgan fingerprint density at radius 1 is 1.00 bits per heavy atom. The number of hydrogen-bond acceptors (Lipinski definition) is 3. The Morgan fingerprint density at radius 3 is 2.17 bits per heavy atom. The molecule has 2 aromatic rings. The molecule has 0 aliphatic rings. The molecule has 2 rings (SSSR count). The molecular weight excluding hydrogens is 491 g/mol. The Kier molecular flexibility index (Phi) is 10.1. The first-order valence-electron chi connectivity index (χ1n) is 9.71. The van der Waals surface area contributed by atoms with E-state index >= 15 is 0 Å². The smallest absolute Gasteiger partial charge is 0.253 e. The molecule has 0 radical (unpaired) electrons. The zero-order valence-corrected chi connectivity index (χ0v) is 21.0. The number of guanidine groups is 1. The van der Waals surface area contributed by atoms with Crippen LogP contribution in [0.3, 0.4) is 0 Å². The fourth-order valence-electron chi connectivity index (χ4n) is 2.69. The average Bonchev–Trinajstić information content (AvgIpc) is 2.68. The van der Waals surface area contributed by atoms with Gasteiger partial charge >= 0.3 is 0 Å². The zero-order chi connectivity index (χ0) is 21.4. The Bertz CT molecular complexity index is 843. The minimum absolute atomic E-state index is 0. The first-order valence-corrected chi connectivity index (χ1v) is 9.71. The van der Waals surface area contributed by atoms with Crippen molar-refractivity contribution in [3.8, 4) is 5.75 Å². The van der Waals surface area contributed by atoms with Gasteiger partial charge in [0.25, 0.3) is 5.91 Å². The third kappa shape index (κ3) is 8.22. The Labute approximate surface area is 197 Å². The molecule has 30 heavy (non-hydrogen) atoms. The van der Waals surface area contributed by atoms with Gasteiger partial charge in [-0.15, -0.1) is 24.0 Å². The molecule has 0 bridgehead atoms. The van der Waals surface area contributed by atoms with Crippen molar-refractivity contribution in [1.29, 1.82) is 0 Å². The van der Waals surface area contributed by atoms with E-state index < -0.39 is 0 Å². The SMILES string of the molecule is CN=C(NCc1ccc(C(=O)N(C)C)cc1)NCc1ccccc1OC(C)(C)C.I. The number of nitrogens with zero attached hydrogens (tertiary/aromatic N) is 2. The van der Waals surface area contributed by atoms with Gasteiger partial charge in [0.2, 0.25) is 0 Å². The van der Waals surface area contributed by atoms with Gasteiger partial charge < -0.3 is 20.3 Å². The first kappa shape index (κ1) is 25.7. The number of amides is 1. The number of para-hydroxylation sites is 1. The predicted octanol–water partition coefficient (Wildman–Crippen LogP) is 4.05. The maximum absolute atomic E-state index is 12.0. The van der Waals surface area contributed by atoms with Gasteiger partial charge in [-0.2, -0.15) is 0 Å². The highest BCUT2D eigenvalue weighted by Gasteiger charge is 2.14. The van der Waals surface area contributed by atoms with Crippen molar-refractivity contribution < 1.29 is 9.53 Å². The van der Waals surface area contributed by atoms with Crippen LogP contribution in [0.25, 0.3) is 0 Å². The van der Waals surface area contributed by atoms with E-state index in [0.717, 1.165) is 16.9 Å². The Hall–Kier alpha value is -2.29. The second-order valence-electron chi connectivity index (χ2n) is 8.00. The number of rotatable bonds is 6. The first-order chi connectivity index (χ1) is 13.7. The van der Waals surface area contributed by atoms with Crippen LogP contribution in [0.1, 0.15) is 42.3 Å². The number of benzene rings is 2. The van der Waals surface area contributed by atoms with E-state index in [1.54, 1.807) is 26.0 Å². The quantitative estimate of drug-likeness (QED) is 0.340. The van der Waals surface area contributed by atoms with Crippen LogP contribution < -0.4 is 15.4 Å². The van der Waals surface area contributed by atoms with E-state index in [2.05, 4.69) is 15.6 Å². The lowest BCUT2D eigenvalue weighted by molar-refractivity contribution is 0.0827. The number of carbonyl (C=O) groups is 1. The summed E-state index contributed by atoms with van der Waals surface area (Å²) in [7, 11) is 5.24. The summed E-state index contributed by atoms with van der Waals surface area (Å²) in [6, 6.07) is 15.6. The molecule has 7 heteroatoms. The largest absolute Gasteiger partial charge is 0.488 e. The van der Waals surface area contributed by atoms with Crippen LogP contribution in [-0.4, -0.2) is 43.5 Å². The molecule has 0 atom stereocenters. The van der Waals surface area contributed by atoms with E-state index in [9.17, 15) is 4.79 Å². The van der Waals surface area contributed by atoms with E-state index in [-0.39, 0.29) is 35.5 Å².